The van der Waals surface area contributed by atoms with Crippen LogP contribution in [0.3, 0.4) is 0 Å². The van der Waals surface area contributed by atoms with Gasteiger partial charge in [0.15, 0.2) is 0 Å². The fourth-order valence-electron chi connectivity index (χ4n) is 2.73. The van der Waals surface area contributed by atoms with Crippen LogP contribution in [0.25, 0.3) is 5.76 Å². The van der Waals surface area contributed by atoms with Crippen molar-refractivity contribution in [3.8, 4) is 0 Å². The van der Waals surface area contributed by atoms with E-state index in [1.165, 1.54) is 29.5 Å². The molecule has 2 aromatic rings. The normalized spacial score (nSPS) is 13.7. The van der Waals surface area contributed by atoms with E-state index in [2.05, 4.69) is 66.6 Å². The summed E-state index contributed by atoms with van der Waals surface area (Å²) in [6, 6.07) is 13.3. The van der Waals surface area contributed by atoms with Crippen molar-refractivity contribution in [2.75, 3.05) is 19.6 Å². The van der Waals surface area contributed by atoms with Gasteiger partial charge >= 0.3 is 6.18 Å². The molecule has 1 aliphatic rings. The Morgan fingerprint density at radius 2 is 1.85 bits per heavy atom. The highest BCUT2D eigenvalue weighted by Crippen LogP contribution is 2.30. The van der Waals surface area contributed by atoms with Crippen LogP contribution in [0.1, 0.15) is 49.9 Å². The third kappa shape index (κ3) is 10.5. The van der Waals surface area contributed by atoms with Crippen LogP contribution in [0.4, 0.5) is 13.2 Å². The Labute approximate surface area is 205 Å². The molecule has 34 heavy (non-hydrogen) atoms. The van der Waals surface area contributed by atoms with Crippen molar-refractivity contribution in [1.82, 2.24) is 10.0 Å². The first-order valence-corrected chi connectivity index (χ1v) is 12.1. The summed E-state index contributed by atoms with van der Waals surface area (Å²) in [5.41, 5.74) is 2.23. The number of benzene rings is 2. The smallest absolute Gasteiger partial charge is 0.416 e. The van der Waals surface area contributed by atoms with Crippen molar-refractivity contribution in [3.63, 3.8) is 0 Å². The molecule has 0 radical (unpaired) electrons. The van der Waals surface area contributed by atoms with Gasteiger partial charge in [-0.3, -0.25) is 4.99 Å². The Kier molecular flexibility index (Phi) is 13.8. The number of nitrogens with one attached hydrogen (secondary N) is 2. The number of fused-ring (bicyclic) bond motifs is 1. The molecule has 0 saturated carbocycles. The van der Waals surface area contributed by atoms with Gasteiger partial charge in [-0.05, 0) is 56.6 Å². The molecule has 2 aromatic carbocycles. The molecule has 186 valence electrons. The van der Waals surface area contributed by atoms with Gasteiger partial charge in [0.2, 0.25) is 0 Å². The van der Waals surface area contributed by atoms with Gasteiger partial charge in [0, 0.05) is 23.4 Å². The van der Waals surface area contributed by atoms with Crippen LogP contribution in [0.2, 0.25) is 0 Å². The number of amidine groups is 1. The van der Waals surface area contributed by atoms with E-state index in [1.807, 2.05) is 0 Å². The Bertz CT molecular complexity index is 941. The minimum Gasteiger partial charge on any atom is -0.465 e. The molecule has 3 rings (SSSR count). The standard InChI is InChI=1S/C12H11F3O.C10H12N2S.C4H11N/c1-3-7-16-9(2)10-5-4-6-11(8-10)12(13,14)15;1-2-11-10-9-6-4-3-5-8(9)7-13-12-10;1-3-5-4-2/h3-8H,2H2,1H3;3-6H,2,7H2,1H3,(H,11,12);5H,3-4H2,1-2H3/b7-3-;;. The molecule has 0 aromatic heterocycles. The molecule has 0 fully saturated rings. The third-order valence-corrected chi connectivity index (χ3v) is 5.14. The summed E-state index contributed by atoms with van der Waals surface area (Å²) >= 11 is 1.70. The molecular formula is C26H34F3N3OS. The number of allylic oxidation sites excluding steroid dienone is 1. The molecule has 0 spiro atoms. The Hall–Kier alpha value is -2.71. The summed E-state index contributed by atoms with van der Waals surface area (Å²) in [6.45, 7) is 14.6. The Morgan fingerprint density at radius 3 is 2.44 bits per heavy atom. The van der Waals surface area contributed by atoms with Gasteiger partial charge in [-0.25, -0.2) is 0 Å². The number of alkyl halides is 3. The highest BCUT2D eigenvalue weighted by molar-refractivity contribution is 7.97. The first-order valence-electron chi connectivity index (χ1n) is 11.1. The van der Waals surface area contributed by atoms with Crippen molar-refractivity contribution in [1.29, 1.82) is 0 Å². The lowest BCUT2D eigenvalue weighted by molar-refractivity contribution is -0.137. The second-order valence-electron chi connectivity index (χ2n) is 6.92. The number of halogens is 3. The summed E-state index contributed by atoms with van der Waals surface area (Å²) in [7, 11) is 0. The van der Waals surface area contributed by atoms with Gasteiger partial charge in [0.05, 0.1) is 11.8 Å². The predicted octanol–water partition coefficient (Wildman–Crippen LogP) is 7.05. The fourth-order valence-corrected chi connectivity index (χ4v) is 3.52. The van der Waals surface area contributed by atoms with Crippen LogP contribution >= 0.6 is 11.9 Å². The monoisotopic (exact) mass is 493 g/mol. The molecule has 0 amide bonds. The molecule has 0 bridgehead atoms. The van der Waals surface area contributed by atoms with E-state index in [9.17, 15) is 13.2 Å². The van der Waals surface area contributed by atoms with E-state index in [0.717, 1.165) is 43.4 Å². The van der Waals surface area contributed by atoms with Crippen LogP contribution in [-0.4, -0.2) is 25.5 Å². The molecule has 0 saturated heterocycles. The lowest BCUT2D eigenvalue weighted by Crippen LogP contribution is -2.23. The highest BCUT2D eigenvalue weighted by atomic mass is 32.2. The van der Waals surface area contributed by atoms with Gasteiger partial charge < -0.3 is 14.8 Å². The molecule has 0 unspecified atom stereocenters. The zero-order valence-corrected chi connectivity index (χ0v) is 21.0. The quantitative estimate of drug-likeness (QED) is 0.334. The minimum atomic E-state index is -4.35. The second-order valence-corrected chi connectivity index (χ2v) is 7.70. The van der Waals surface area contributed by atoms with Gasteiger partial charge in [-0.2, -0.15) is 13.2 Å². The lowest BCUT2D eigenvalue weighted by atomic mass is 10.1. The molecule has 8 heteroatoms. The molecule has 0 atom stereocenters. The summed E-state index contributed by atoms with van der Waals surface area (Å²) < 4.78 is 45.4. The predicted molar refractivity (Wildman–Crippen MR) is 139 cm³/mol. The molecule has 1 heterocycles. The summed E-state index contributed by atoms with van der Waals surface area (Å²) in [5, 5.41) is 3.11. The molecule has 2 N–H and O–H groups in total. The van der Waals surface area contributed by atoms with E-state index in [1.54, 1.807) is 24.9 Å². The topological polar surface area (TPSA) is 45.6 Å². The van der Waals surface area contributed by atoms with Crippen LogP contribution in [0.5, 0.6) is 0 Å². The number of hydrogen-bond acceptors (Lipinski definition) is 4. The van der Waals surface area contributed by atoms with E-state index in [0.29, 0.717) is 5.56 Å². The zero-order valence-electron chi connectivity index (χ0n) is 20.2. The number of nitrogens with zero attached hydrogens (tertiary/aromatic N) is 1. The Morgan fingerprint density at radius 1 is 1.15 bits per heavy atom. The van der Waals surface area contributed by atoms with Crippen molar-refractivity contribution in [2.45, 2.75) is 39.6 Å². The maximum atomic E-state index is 12.4. The van der Waals surface area contributed by atoms with Crippen molar-refractivity contribution < 1.29 is 17.9 Å². The number of hydrogen-bond donors (Lipinski definition) is 2. The molecule has 4 nitrogen and oxygen atoms in total. The summed E-state index contributed by atoms with van der Waals surface area (Å²) in [6.07, 6.45) is -1.36. The average Bonchev–Trinajstić information content (AvgIpc) is 2.84. The van der Waals surface area contributed by atoms with Gasteiger partial charge in [0.25, 0.3) is 0 Å². The Balaban J connectivity index is 0.000000288. The van der Waals surface area contributed by atoms with Crippen LogP contribution in [-0.2, 0) is 16.7 Å². The average molecular weight is 494 g/mol. The number of ether oxygens (including phenoxy) is 1. The SMILES string of the molecule is C=C(O/C=C\C)c1cccc(C(F)(F)F)c1.CCN=C1NSCc2ccccc21.CCNCC. The van der Waals surface area contributed by atoms with E-state index in [-0.39, 0.29) is 5.76 Å². The first kappa shape index (κ1) is 29.3. The van der Waals surface area contributed by atoms with Crippen molar-refractivity contribution >= 4 is 23.5 Å². The maximum Gasteiger partial charge on any atom is 0.416 e. The van der Waals surface area contributed by atoms with E-state index < -0.39 is 11.7 Å². The van der Waals surface area contributed by atoms with Gasteiger partial charge in [0.1, 0.15) is 11.6 Å². The zero-order chi connectivity index (χ0) is 25.4. The molecule has 1 aliphatic heterocycles. The van der Waals surface area contributed by atoms with E-state index >= 15 is 0 Å². The summed E-state index contributed by atoms with van der Waals surface area (Å²) in [4.78, 5) is 4.41. The van der Waals surface area contributed by atoms with Crippen molar-refractivity contribution in [2.24, 2.45) is 4.99 Å². The van der Waals surface area contributed by atoms with Gasteiger partial charge in [-0.15, -0.1) is 0 Å². The summed E-state index contributed by atoms with van der Waals surface area (Å²) in [5.74, 6) is 2.23. The highest BCUT2D eigenvalue weighted by Gasteiger charge is 2.30. The molecule has 0 aliphatic carbocycles. The van der Waals surface area contributed by atoms with Crippen LogP contribution in [0, 0.1) is 0 Å². The van der Waals surface area contributed by atoms with E-state index in [4.69, 9.17) is 4.74 Å². The first-order chi connectivity index (χ1) is 16.3. The maximum absolute atomic E-state index is 12.4. The number of aliphatic imine (C=N–C) groups is 1. The third-order valence-electron chi connectivity index (χ3n) is 4.34. The van der Waals surface area contributed by atoms with Crippen LogP contribution < -0.4 is 10.0 Å². The van der Waals surface area contributed by atoms with Crippen molar-refractivity contribution in [3.05, 3.63) is 89.7 Å². The fraction of sp³-hybridized carbons (Fsp3) is 0.346. The van der Waals surface area contributed by atoms with Gasteiger partial charge in [-0.1, -0.05) is 62.9 Å². The number of rotatable bonds is 6. The van der Waals surface area contributed by atoms with Crippen LogP contribution in [0.15, 0.2) is 72.4 Å². The lowest BCUT2D eigenvalue weighted by Gasteiger charge is -2.18. The minimum absolute atomic E-state index is 0.184. The second kappa shape index (κ2) is 16.0. The molecular weight excluding hydrogens is 459 g/mol. The largest absolute Gasteiger partial charge is 0.465 e.